The van der Waals surface area contributed by atoms with Crippen molar-refractivity contribution >= 4 is 11.3 Å². The summed E-state index contributed by atoms with van der Waals surface area (Å²) in [5.41, 5.74) is 4.87. The molecule has 26 heavy (non-hydrogen) atoms. The van der Waals surface area contributed by atoms with E-state index in [4.69, 9.17) is 14.2 Å². The van der Waals surface area contributed by atoms with Gasteiger partial charge in [-0.3, -0.25) is 0 Å². The van der Waals surface area contributed by atoms with E-state index in [1.165, 1.54) is 32.0 Å². The number of hydrogen-bond donors (Lipinski definition) is 0. The predicted octanol–water partition coefficient (Wildman–Crippen LogP) is 5.94. The van der Waals surface area contributed by atoms with Gasteiger partial charge in [0, 0.05) is 27.5 Å². The number of thiophene rings is 1. The number of rotatable bonds is 7. The van der Waals surface area contributed by atoms with Crippen LogP contribution in [0.25, 0.3) is 22.3 Å². The summed E-state index contributed by atoms with van der Waals surface area (Å²) in [5.74, 6) is 1.72. The van der Waals surface area contributed by atoms with E-state index in [0.717, 1.165) is 11.5 Å². The van der Waals surface area contributed by atoms with E-state index >= 15 is 0 Å². The Balaban J connectivity index is 2.13. The summed E-state index contributed by atoms with van der Waals surface area (Å²) < 4.78 is 16.3. The largest absolute Gasteiger partial charge is 0.497 e. The average Bonchev–Trinajstić information content (AvgIpc) is 3.02. The number of methoxy groups -OCH3 is 2. The van der Waals surface area contributed by atoms with Crippen LogP contribution in [0.5, 0.6) is 11.5 Å². The fourth-order valence-corrected chi connectivity index (χ4v) is 4.22. The Bertz CT molecular complexity index is 848. The van der Waals surface area contributed by atoms with Crippen LogP contribution in [0.15, 0.2) is 48.5 Å². The first-order chi connectivity index (χ1) is 12.7. The van der Waals surface area contributed by atoms with Gasteiger partial charge in [-0.15, -0.1) is 11.3 Å². The Hall–Kier alpha value is -2.30. The average molecular weight is 368 g/mol. The van der Waals surface area contributed by atoms with E-state index < -0.39 is 0 Å². The molecule has 0 saturated heterocycles. The maximum absolute atomic E-state index is 5.73. The molecule has 0 aliphatic heterocycles. The second-order valence-electron chi connectivity index (χ2n) is 5.93. The topological polar surface area (TPSA) is 27.7 Å². The Morgan fingerprint density at radius 3 is 1.73 bits per heavy atom. The standard InChI is InChI=1S/C22H24O3S/c1-5-25-14-20-22(17-8-12-19(24-4)13-9-17)21(15(2)26-20)16-6-10-18(23-3)11-7-16/h6-13H,5,14H2,1-4H3. The zero-order valence-corrected chi connectivity index (χ0v) is 16.5. The van der Waals surface area contributed by atoms with Gasteiger partial charge in [0.1, 0.15) is 11.5 Å². The Kier molecular flexibility index (Phi) is 5.96. The first kappa shape index (κ1) is 18.5. The van der Waals surface area contributed by atoms with E-state index in [-0.39, 0.29) is 0 Å². The lowest BCUT2D eigenvalue weighted by atomic mass is 9.95. The van der Waals surface area contributed by atoms with Gasteiger partial charge >= 0.3 is 0 Å². The number of benzene rings is 2. The van der Waals surface area contributed by atoms with Crippen molar-refractivity contribution in [1.82, 2.24) is 0 Å². The first-order valence-corrected chi connectivity index (χ1v) is 9.48. The molecule has 0 unspecified atom stereocenters. The predicted molar refractivity (Wildman–Crippen MR) is 108 cm³/mol. The molecule has 4 heteroatoms. The van der Waals surface area contributed by atoms with E-state index in [9.17, 15) is 0 Å². The zero-order valence-electron chi connectivity index (χ0n) is 15.7. The minimum atomic E-state index is 0.625. The van der Waals surface area contributed by atoms with Crippen LogP contribution in [0.3, 0.4) is 0 Å². The molecule has 0 bridgehead atoms. The molecule has 0 aliphatic carbocycles. The summed E-state index contributed by atoms with van der Waals surface area (Å²) in [5, 5.41) is 0. The highest BCUT2D eigenvalue weighted by Gasteiger charge is 2.19. The maximum atomic E-state index is 5.73. The smallest absolute Gasteiger partial charge is 0.118 e. The molecular formula is C22H24O3S. The van der Waals surface area contributed by atoms with Gasteiger partial charge in [-0.1, -0.05) is 24.3 Å². The molecule has 136 valence electrons. The van der Waals surface area contributed by atoms with Gasteiger partial charge in [-0.25, -0.2) is 0 Å². The second-order valence-corrected chi connectivity index (χ2v) is 7.23. The van der Waals surface area contributed by atoms with Crippen LogP contribution in [0.2, 0.25) is 0 Å². The molecular weight excluding hydrogens is 344 g/mol. The zero-order chi connectivity index (χ0) is 18.5. The molecule has 0 fully saturated rings. The highest BCUT2D eigenvalue weighted by molar-refractivity contribution is 7.13. The van der Waals surface area contributed by atoms with Crippen LogP contribution in [-0.4, -0.2) is 20.8 Å². The molecule has 0 aliphatic rings. The van der Waals surface area contributed by atoms with Crippen LogP contribution >= 0.6 is 11.3 Å². The summed E-state index contributed by atoms with van der Waals surface area (Å²) in [6.45, 7) is 5.53. The summed E-state index contributed by atoms with van der Waals surface area (Å²) in [6, 6.07) is 16.5. The molecule has 0 N–H and O–H groups in total. The quantitative estimate of drug-likeness (QED) is 0.516. The van der Waals surface area contributed by atoms with Crippen molar-refractivity contribution in [1.29, 1.82) is 0 Å². The Morgan fingerprint density at radius 1 is 0.769 bits per heavy atom. The Labute approximate surface area is 159 Å². The van der Waals surface area contributed by atoms with Gasteiger partial charge in [-0.2, -0.15) is 0 Å². The summed E-state index contributed by atoms with van der Waals surface area (Å²) in [6.07, 6.45) is 0. The minimum Gasteiger partial charge on any atom is -0.497 e. The fourth-order valence-electron chi connectivity index (χ4n) is 3.07. The van der Waals surface area contributed by atoms with Gasteiger partial charge in [0.05, 0.1) is 20.8 Å². The second kappa shape index (κ2) is 8.39. The molecule has 0 saturated carbocycles. The summed E-state index contributed by atoms with van der Waals surface area (Å²) in [7, 11) is 3.38. The molecule has 0 amide bonds. The highest BCUT2D eigenvalue weighted by Crippen LogP contribution is 2.43. The molecule has 1 aromatic heterocycles. The van der Waals surface area contributed by atoms with Crippen molar-refractivity contribution in [3.05, 3.63) is 58.3 Å². The number of aryl methyl sites for hydroxylation is 1. The molecule has 3 nitrogen and oxygen atoms in total. The van der Waals surface area contributed by atoms with E-state index in [2.05, 4.69) is 31.2 Å². The van der Waals surface area contributed by atoms with E-state index in [1.54, 1.807) is 25.6 Å². The molecule has 0 radical (unpaired) electrons. The third-order valence-corrected chi connectivity index (χ3v) is 5.43. The number of ether oxygens (including phenoxy) is 3. The van der Waals surface area contributed by atoms with Crippen molar-refractivity contribution in [3.63, 3.8) is 0 Å². The van der Waals surface area contributed by atoms with Crippen molar-refractivity contribution in [2.45, 2.75) is 20.5 Å². The fraction of sp³-hybridized carbons (Fsp3) is 0.273. The van der Waals surface area contributed by atoms with Crippen LogP contribution in [0.1, 0.15) is 16.7 Å². The van der Waals surface area contributed by atoms with Gasteiger partial charge in [0.25, 0.3) is 0 Å². The molecule has 2 aromatic carbocycles. The summed E-state index contributed by atoms with van der Waals surface area (Å²) in [4.78, 5) is 2.54. The lowest BCUT2D eigenvalue weighted by Gasteiger charge is -2.11. The lowest BCUT2D eigenvalue weighted by Crippen LogP contribution is -1.93. The van der Waals surface area contributed by atoms with Crippen molar-refractivity contribution < 1.29 is 14.2 Å². The van der Waals surface area contributed by atoms with Gasteiger partial charge < -0.3 is 14.2 Å². The SMILES string of the molecule is CCOCc1sc(C)c(-c2ccc(OC)cc2)c1-c1ccc(OC)cc1. The van der Waals surface area contributed by atoms with Crippen molar-refractivity contribution in [2.24, 2.45) is 0 Å². The third-order valence-electron chi connectivity index (χ3n) is 4.35. The van der Waals surface area contributed by atoms with Gasteiger partial charge in [0.15, 0.2) is 0 Å². The first-order valence-electron chi connectivity index (χ1n) is 8.66. The normalized spacial score (nSPS) is 10.8. The molecule has 3 rings (SSSR count). The van der Waals surface area contributed by atoms with Crippen LogP contribution in [0, 0.1) is 6.92 Å². The van der Waals surface area contributed by atoms with Crippen LogP contribution in [-0.2, 0) is 11.3 Å². The molecule has 0 atom stereocenters. The van der Waals surface area contributed by atoms with Gasteiger partial charge in [-0.05, 0) is 49.2 Å². The van der Waals surface area contributed by atoms with E-state index in [1.807, 2.05) is 31.2 Å². The molecule has 0 spiro atoms. The van der Waals surface area contributed by atoms with Gasteiger partial charge in [0.2, 0.25) is 0 Å². The van der Waals surface area contributed by atoms with Crippen molar-refractivity contribution in [3.8, 4) is 33.8 Å². The highest BCUT2D eigenvalue weighted by atomic mass is 32.1. The lowest BCUT2D eigenvalue weighted by molar-refractivity contribution is 0.136. The Morgan fingerprint density at radius 2 is 1.27 bits per heavy atom. The maximum Gasteiger partial charge on any atom is 0.118 e. The molecule has 1 heterocycles. The number of hydrogen-bond acceptors (Lipinski definition) is 4. The monoisotopic (exact) mass is 368 g/mol. The van der Waals surface area contributed by atoms with Crippen LogP contribution < -0.4 is 9.47 Å². The van der Waals surface area contributed by atoms with Crippen molar-refractivity contribution in [2.75, 3.05) is 20.8 Å². The van der Waals surface area contributed by atoms with Crippen LogP contribution in [0.4, 0.5) is 0 Å². The summed E-state index contributed by atoms with van der Waals surface area (Å²) >= 11 is 1.80. The van der Waals surface area contributed by atoms with E-state index in [0.29, 0.717) is 13.2 Å². The molecule has 3 aromatic rings. The third kappa shape index (κ3) is 3.76. The minimum absolute atomic E-state index is 0.625.